The van der Waals surface area contributed by atoms with Crippen molar-refractivity contribution >= 4 is 60.6 Å². The quantitative estimate of drug-likeness (QED) is 0.348. The van der Waals surface area contributed by atoms with Gasteiger partial charge in [-0.15, -0.1) is 11.3 Å². The second kappa shape index (κ2) is 9.52. The summed E-state index contributed by atoms with van der Waals surface area (Å²) in [6.07, 6.45) is 4.26. The molecule has 1 aliphatic heterocycles. The van der Waals surface area contributed by atoms with Gasteiger partial charge in [0.2, 0.25) is 5.91 Å². The molecule has 0 unspecified atom stereocenters. The summed E-state index contributed by atoms with van der Waals surface area (Å²) in [6.45, 7) is 3.30. The summed E-state index contributed by atoms with van der Waals surface area (Å²) in [4.78, 5) is 19.3. The molecule has 3 heterocycles. The van der Waals surface area contributed by atoms with Gasteiger partial charge in [-0.2, -0.15) is 0 Å². The van der Waals surface area contributed by atoms with Crippen LogP contribution < -0.4 is 14.9 Å². The Hall–Kier alpha value is -3.08. The fourth-order valence-electron chi connectivity index (χ4n) is 4.30. The van der Waals surface area contributed by atoms with E-state index in [2.05, 4.69) is 19.9 Å². The van der Waals surface area contributed by atoms with Crippen LogP contribution in [0.25, 0.3) is 10.9 Å². The van der Waals surface area contributed by atoms with E-state index in [1.54, 1.807) is 35.8 Å². The summed E-state index contributed by atoms with van der Waals surface area (Å²) in [5.41, 5.74) is 1.83. The second-order valence-corrected chi connectivity index (χ2v) is 11.5. The molecular formula is C24H28ClN5O3S2. The van der Waals surface area contributed by atoms with E-state index < -0.39 is 10.0 Å². The summed E-state index contributed by atoms with van der Waals surface area (Å²) in [5.74, 6) is -0.0518. The standard InChI is InChI=1S/C24H24ClN5O3S2.2H2/c1-16(30-12-8-17-2-3-18(25)14-22(17)30)23(31)27-19-9-11-29(15-19)20-4-6-21(7-5-20)35(32,33)28-24-26-10-13-34-24;;/h2-8,10,12-14,16,19H,9,11,15H2,1H3,(H,26,28)(H,27,31);2*1H/t16-,19-;;/m0../s1. The molecule has 2 atom stereocenters. The Bertz CT molecular complexity index is 1460. The van der Waals surface area contributed by atoms with Gasteiger partial charge < -0.3 is 14.8 Å². The first-order valence-electron chi connectivity index (χ1n) is 11.1. The van der Waals surface area contributed by atoms with Crippen molar-refractivity contribution in [3.63, 3.8) is 0 Å². The van der Waals surface area contributed by atoms with Gasteiger partial charge in [0.1, 0.15) is 6.04 Å². The molecule has 0 radical (unpaired) electrons. The summed E-state index contributed by atoms with van der Waals surface area (Å²) in [5, 5.41) is 6.87. The number of anilines is 2. The molecule has 2 aromatic carbocycles. The molecule has 0 bridgehead atoms. The molecule has 1 fully saturated rings. The van der Waals surface area contributed by atoms with Crippen LogP contribution in [-0.2, 0) is 14.8 Å². The average Bonchev–Trinajstić information content (AvgIpc) is 3.60. The van der Waals surface area contributed by atoms with Gasteiger partial charge in [0.15, 0.2) is 5.13 Å². The molecule has 0 saturated carbocycles. The van der Waals surface area contributed by atoms with Gasteiger partial charge in [-0.1, -0.05) is 17.7 Å². The lowest BCUT2D eigenvalue weighted by atomic mass is 10.2. The van der Waals surface area contributed by atoms with Crippen LogP contribution in [0.15, 0.2) is 71.2 Å². The summed E-state index contributed by atoms with van der Waals surface area (Å²) >= 11 is 7.37. The minimum atomic E-state index is -3.69. The lowest BCUT2D eigenvalue weighted by Gasteiger charge is -2.21. The van der Waals surface area contributed by atoms with Crippen molar-refractivity contribution < 1.29 is 16.1 Å². The number of aromatic nitrogens is 2. The molecule has 8 nitrogen and oxygen atoms in total. The minimum Gasteiger partial charge on any atom is -0.369 e. The monoisotopic (exact) mass is 533 g/mol. The smallest absolute Gasteiger partial charge is 0.263 e. The van der Waals surface area contributed by atoms with Crippen molar-refractivity contribution in [2.24, 2.45) is 0 Å². The fourth-order valence-corrected chi connectivity index (χ4v) is 6.26. The van der Waals surface area contributed by atoms with Crippen LogP contribution in [0.1, 0.15) is 22.2 Å². The van der Waals surface area contributed by atoms with Crippen LogP contribution in [0.5, 0.6) is 0 Å². The van der Waals surface area contributed by atoms with Crippen molar-refractivity contribution in [3.8, 4) is 0 Å². The Morgan fingerprint density at radius 3 is 2.77 bits per heavy atom. The van der Waals surface area contributed by atoms with Crippen molar-refractivity contribution in [1.82, 2.24) is 14.9 Å². The van der Waals surface area contributed by atoms with Crippen LogP contribution in [-0.4, -0.2) is 43.0 Å². The number of thiazole rings is 1. The van der Waals surface area contributed by atoms with Gasteiger partial charge in [0, 0.05) is 50.5 Å². The van der Waals surface area contributed by atoms with Crippen LogP contribution in [0, 0.1) is 0 Å². The Kier molecular flexibility index (Phi) is 6.43. The van der Waals surface area contributed by atoms with Gasteiger partial charge in [-0.25, -0.2) is 13.4 Å². The molecule has 2 aromatic heterocycles. The zero-order chi connectivity index (χ0) is 24.6. The van der Waals surface area contributed by atoms with Gasteiger partial charge in [-0.05, 0) is 61.2 Å². The maximum Gasteiger partial charge on any atom is 0.263 e. The first-order valence-corrected chi connectivity index (χ1v) is 13.9. The Morgan fingerprint density at radius 1 is 1.23 bits per heavy atom. The number of rotatable bonds is 7. The first kappa shape index (κ1) is 23.7. The number of nitrogens with zero attached hydrogens (tertiary/aromatic N) is 3. The molecule has 5 rings (SSSR count). The van der Waals surface area contributed by atoms with Crippen molar-refractivity contribution in [3.05, 3.63) is 71.3 Å². The van der Waals surface area contributed by atoms with E-state index in [1.165, 1.54) is 11.3 Å². The zero-order valence-electron chi connectivity index (χ0n) is 18.9. The Morgan fingerprint density at radius 2 is 2.03 bits per heavy atom. The van der Waals surface area contributed by atoms with Crippen molar-refractivity contribution in [1.29, 1.82) is 0 Å². The number of benzene rings is 2. The van der Waals surface area contributed by atoms with Gasteiger partial charge in [-0.3, -0.25) is 9.52 Å². The van der Waals surface area contributed by atoms with E-state index in [4.69, 9.17) is 11.6 Å². The Labute approximate surface area is 215 Å². The Balaban J connectivity index is 0.00000190. The number of nitrogens with one attached hydrogen (secondary N) is 2. The lowest BCUT2D eigenvalue weighted by Crippen LogP contribution is -2.40. The molecular weight excluding hydrogens is 506 g/mol. The second-order valence-electron chi connectivity index (χ2n) is 8.48. The molecule has 0 spiro atoms. The average molecular weight is 534 g/mol. The zero-order valence-corrected chi connectivity index (χ0v) is 21.3. The minimum absolute atomic E-state index is 0. The number of hydrogen-bond donors (Lipinski definition) is 2. The van der Waals surface area contributed by atoms with Gasteiger partial charge in [0.25, 0.3) is 10.0 Å². The lowest BCUT2D eigenvalue weighted by molar-refractivity contribution is -0.124. The maximum atomic E-state index is 13.0. The molecule has 0 aliphatic carbocycles. The molecule has 1 amide bonds. The third-order valence-corrected chi connectivity index (χ3v) is 8.59. The number of amides is 1. The summed E-state index contributed by atoms with van der Waals surface area (Å²) < 4.78 is 29.5. The number of hydrogen-bond acceptors (Lipinski definition) is 6. The number of halogens is 1. The van der Waals surface area contributed by atoms with E-state index >= 15 is 0 Å². The molecule has 11 heteroatoms. The topological polar surface area (TPSA) is 96.3 Å². The molecule has 4 aromatic rings. The van der Waals surface area contributed by atoms with Crippen LogP contribution in [0.2, 0.25) is 5.02 Å². The van der Waals surface area contributed by atoms with E-state index in [0.717, 1.165) is 29.6 Å². The predicted octanol–water partition coefficient (Wildman–Crippen LogP) is 5.00. The molecule has 35 heavy (non-hydrogen) atoms. The van der Waals surface area contributed by atoms with Gasteiger partial charge >= 0.3 is 0 Å². The molecule has 2 N–H and O–H groups in total. The van der Waals surface area contributed by atoms with Crippen molar-refractivity contribution in [2.75, 3.05) is 22.7 Å². The third-order valence-electron chi connectivity index (χ3n) is 6.18. The number of carbonyl (C=O) groups excluding carboxylic acids is 1. The number of carbonyl (C=O) groups is 1. The predicted molar refractivity (Wildman–Crippen MR) is 144 cm³/mol. The first-order chi connectivity index (χ1) is 16.8. The summed E-state index contributed by atoms with van der Waals surface area (Å²) in [7, 11) is -3.69. The van der Waals surface area contributed by atoms with E-state index in [9.17, 15) is 13.2 Å². The largest absolute Gasteiger partial charge is 0.369 e. The normalized spacial score (nSPS) is 17.0. The molecule has 1 saturated heterocycles. The van der Waals surface area contributed by atoms with Gasteiger partial charge in [0.05, 0.1) is 10.4 Å². The third kappa shape index (κ3) is 5.00. The van der Waals surface area contributed by atoms with E-state index in [-0.39, 0.29) is 25.7 Å². The highest BCUT2D eigenvalue weighted by atomic mass is 35.5. The van der Waals surface area contributed by atoms with Crippen LogP contribution in [0.4, 0.5) is 10.8 Å². The van der Waals surface area contributed by atoms with E-state index in [1.807, 2.05) is 42.0 Å². The number of sulfonamides is 1. The van der Waals surface area contributed by atoms with Crippen LogP contribution in [0.3, 0.4) is 0 Å². The highest BCUT2D eigenvalue weighted by Crippen LogP contribution is 2.26. The maximum absolute atomic E-state index is 13.0. The highest BCUT2D eigenvalue weighted by Gasteiger charge is 2.27. The SMILES string of the molecule is C[C@@H](C(=O)N[C@H]1CCN(c2ccc(S(=O)(=O)Nc3nccs3)cc2)C1)n1ccc2ccc(Cl)cc21.[HH].[HH]. The highest BCUT2D eigenvalue weighted by molar-refractivity contribution is 7.93. The number of fused-ring (bicyclic) bond motifs is 1. The van der Waals surface area contributed by atoms with Crippen molar-refractivity contribution in [2.45, 2.75) is 30.3 Å². The summed E-state index contributed by atoms with van der Waals surface area (Å²) in [6, 6.07) is 14.0. The van der Waals surface area contributed by atoms with Crippen LogP contribution >= 0.6 is 22.9 Å². The fraction of sp³-hybridized carbons (Fsp3) is 0.250. The molecule has 1 aliphatic rings. The van der Waals surface area contributed by atoms with E-state index in [0.29, 0.717) is 16.7 Å². The molecule has 186 valence electrons.